The normalized spacial score (nSPS) is 24.7. The third kappa shape index (κ3) is 3.01. The van der Waals surface area contributed by atoms with E-state index in [2.05, 4.69) is 9.97 Å². The Balaban J connectivity index is 1.89. The molecule has 22 heavy (non-hydrogen) atoms. The Kier molecular flexibility index (Phi) is 4.44. The van der Waals surface area contributed by atoms with E-state index in [1.54, 1.807) is 4.31 Å². The zero-order valence-electron chi connectivity index (χ0n) is 13.0. The van der Waals surface area contributed by atoms with Crippen LogP contribution in [0.4, 0.5) is 0 Å². The highest BCUT2D eigenvalue weighted by Crippen LogP contribution is 2.33. The number of nitrogens with zero attached hydrogens (tertiary/aromatic N) is 4. The Bertz CT molecular complexity index is 623. The quantitative estimate of drug-likeness (QED) is 0.821. The van der Waals surface area contributed by atoms with E-state index >= 15 is 0 Å². The van der Waals surface area contributed by atoms with Gasteiger partial charge in [-0.05, 0) is 32.8 Å². The van der Waals surface area contributed by atoms with Crippen molar-refractivity contribution in [1.82, 2.24) is 18.6 Å². The van der Waals surface area contributed by atoms with Gasteiger partial charge in [-0.3, -0.25) is 0 Å². The lowest BCUT2D eigenvalue weighted by Crippen LogP contribution is -2.48. The van der Waals surface area contributed by atoms with Crippen molar-refractivity contribution in [2.24, 2.45) is 0 Å². The van der Waals surface area contributed by atoms with E-state index in [0.29, 0.717) is 38.7 Å². The van der Waals surface area contributed by atoms with Crippen LogP contribution in [0.2, 0.25) is 0 Å². The molecule has 0 saturated carbocycles. The molecular weight excluding hydrogens is 304 g/mol. The summed E-state index contributed by atoms with van der Waals surface area (Å²) >= 11 is 0. The number of aromatic nitrogens is 2. The van der Waals surface area contributed by atoms with Crippen LogP contribution in [0.5, 0.6) is 0 Å². The standard InChI is InChI=1S/C14H22N4O3S/c1-11-10-12(2)16-14(15-11)13-4-3-5-18(13)22(19,20)17-6-8-21-9-7-17/h10,13H,3-9H2,1-2H3. The minimum Gasteiger partial charge on any atom is -0.379 e. The molecule has 7 nitrogen and oxygen atoms in total. The summed E-state index contributed by atoms with van der Waals surface area (Å²) in [5.74, 6) is 0.617. The van der Waals surface area contributed by atoms with Gasteiger partial charge in [0, 0.05) is 31.0 Å². The molecule has 0 radical (unpaired) electrons. The number of ether oxygens (including phenoxy) is 1. The van der Waals surface area contributed by atoms with Crippen molar-refractivity contribution in [3.8, 4) is 0 Å². The molecule has 2 saturated heterocycles. The molecule has 0 aliphatic carbocycles. The Hall–Kier alpha value is -1.09. The largest absolute Gasteiger partial charge is 0.379 e. The molecule has 3 heterocycles. The van der Waals surface area contributed by atoms with E-state index in [1.807, 2.05) is 19.9 Å². The molecule has 122 valence electrons. The van der Waals surface area contributed by atoms with Gasteiger partial charge in [-0.15, -0.1) is 0 Å². The van der Waals surface area contributed by atoms with Gasteiger partial charge in [0.1, 0.15) is 5.82 Å². The first-order chi connectivity index (χ1) is 10.5. The summed E-state index contributed by atoms with van der Waals surface area (Å²) in [6.07, 6.45) is 1.61. The molecule has 1 atom stereocenters. The van der Waals surface area contributed by atoms with Crippen molar-refractivity contribution >= 4 is 10.2 Å². The second-order valence-corrected chi connectivity index (χ2v) is 7.68. The van der Waals surface area contributed by atoms with Crippen molar-refractivity contribution in [2.45, 2.75) is 32.7 Å². The topological polar surface area (TPSA) is 75.6 Å². The first kappa shape index (κ1) is 15.8. The summed E-state index contributed by atoms with van der Waals surface area (Å²) in [6.45, 7) is 6.09. The molecule has 0 spiro atoms. The van der Waals surface area contributed by atoms with Gasteiger partial charge in [0.15, 0.2) is 0 Å². The van der Waals surface area contributed by atoms with Crippen LogP contribution in [-0.4, -0.2) is 59.8 Å². The summed E-state index contributed by atoms with van der Waals surface area (Å²) in [6, 6.07) is 1.64. The second kappa shape index (κ2) is 6.19. The predicted molar refractivity (Wildman–Crippen MR) is 81.5 cm³/mol. The van der Waals surface area contributed by atoms with Gasteiger partial charge in [-0.25, -0.2) is 9.97 Å². The fourth-order valence-corrected chi connectivity index (χ4v) is 4.89. The van der Waals surface area contributed by atoms with E-state index < -0.39 is 10.2 Å². The third-order valence-corrected chi connectivity index (χ3v) is 6.14. The van der Waals surface area contributed by atoms with Crippen molar-refractivity contribution in [3.63, 3.8) is 0 Å². The highest BCUT2D eigenvalue weighted by Gasteiger charge is 2.40. The number of hydrogen-bond donors (Lipinski definition) is 0. The zero-order valence-corrected chi connectivity index (χ0v) is 13.8. The fraction of sp³-hybridized carbons (Fsp3) is 0.714. The molecule has 8 heteroatoms. The van der Waals surface area contributed by atoms with Crippen molar-refractivity contribution < 1.29 is 13.2 Å². The SMILES string of the molecule is Cc1cc(C)nc(C2CCCN2S(=O)(=O)N2CCOCC2)n1. The molecule has 2 aliphatic heterocycles. The number of morpholine rings is 1. The van der Waals surface area contributed by atoms with E-state index in [9.17, 15) is 8.42 Å². The lowest BCUT2D eigenvalue weighted by atomic mass is 10.2. The maximum absolute atomic E-state index is 12.9. The van der Waals surface area contributed by atoms with Crippen LogP contribution in [-0.2, 0) is 14.9 Å². The fourth-order valence-electron chi connectivity index (χ4n) is 3.10. The summed E-state index contributed by atoms with van der Waals surface area (Å²) in [4.78, 5) is 8.93. The lowest BCUT2D eigenvalue weighted by molar-refractivity contribution is 0.0698. The minimum atomic E-state index is -3.48. The highest BCUT2D eigenvalue weighted by molar-refractivity contribution is 7.86. The Labute approximate surface area is 131 Å². The summed E-state index contributed by atoms with van der Waals surface area (Å²) in [5.41, 5.74) is 1.75. The molecule has 0 amide bonds. The predicted octanol–water partition coefficient (Wildman–Crippen LogP) is 0.807. The van der Waals surface area contributed by atoms with Gasteiger partial charge in [-0.2, -0.15) is 17.0 Å². The maximum Gasteiger partial charge on any atom is 0.282 e. The lowest BCUT2D eigenvalue weighted by Gasteiger charge is -2.32. The Morgan fingerprint density at radius 1 is 1.14 bits per heavy atom. The van der Waals surface area contributed by atoms with Gasteiger partial charge in [0.05, 0.1) is 19.3 Å². The molecule has 0 aromatic carbocycles. The second-order valence-electron chi connectivity index (χ2n) is 5.80. The number of rotatable bonds is 3. The molecular formula is C14H22N4O3S. The number of hydrogen-bond acceptors (Lipinski definition) is 5. The monoisotopic (exact) mass is 326 g/mol. The highest BCUT2D eigenvalue weighted by atomic mass is 32.2. The Morgan fingerprint density at radius 2 is 1.77 bits per heavy atom. The van der Waals surface area contributed by atoms with Crippen LogP contribution in [0.15, 0.2) is 6.07 Å². The summed E-state index contributed by atoms with van der Waals surface area (Å²) < 4.78 is 34.1. The van der Waals surface area contributed by atoms with Crippen LogP contribution in [0.1, 0.15) is 36.1 Å². The van der Waals surface area contributed by atoms with Crippen LogP contribution < -0.4 is 0 Å². The molecule has 3 rings (SSSR count). The third-order valence-electron chi connectivity index (χ3n) is 4.09. The zero-order chi connectivity index (χ0) is 15.7. The van der Waals surface area contributed by atoms with E-state index in [1.165, 1.54) is 4.31 Å². The van der Waals surface area contributed by atoms with Gasteiger partial charge in [0.25, 0.3) is 10.2 Å². The molecule has 1 aromatic heterocycles. The minimum absolute atomic E-state index is 0.258. The van der Waals surface area contributed by atoms with E-state index in [0.717, 1.165) is 24.2 Å². The first-order valence-corrected chi connectivity index (χ1v) is 9.05. The molecule has 1 unspecified atom stereocenters. The first-order valence-electron chi connectivity index (χ1n) is 7.65. The summed E-state index contributed by atoms with van der Waals surface area (Å²) in [5, 5.41) is 0. The Morgan fingerprint density at radius 3 is 2.41 bits per heavy atom. The van der Waals surface area contributed by atoms with Gasteiger partial charge in [-0.1, -0.05) is 0 Å². The van der Waals surface area contributed by atoms with Crippen LogP contribution in [0, 0.1) is 13.8 Å². The maximum atomic E-state index is 12.9. The van der Waals surface area contributed by atoms with Crippen LogP contribution in [0.25, 0.3) is 0 Å². The van der Waals surface area contributed by atoms with Crippen LogP contribution in [0.3, 0.4) is 0 Å². The number of aryl methyl sites for hydroxylation is 2. The molecule has 2 aliphatic rings. The van der Waals surface area contributed by atoms with Crippen molar-refractivity contribution in [1.29, 1.82) is 0 Å². The smallest absolute Gasteiger partial charge is 0.282 e. The molecule has 0 N–H and O–H groups in total. The van der Waals surface area contributed by atoms with E-state index in [4.69, 9.17) is 4.74 Å². The van der Waals surface area contributed by atoms with E-state index in [-0.39, 0.29) is 6.04 Å². The molecule has 1 aromatic rings. The average molecular weight is 326 g/mol. The van der Waals surface area contributed by atoms with Crippen molar-refractivity contribution in [2.75, 3.05) is 32.8 Å². The molecule has 0 bridgehead atoms. The van der Waals surface area contributed by atoms with Gasteiger partial charge >= 0.3 is 0 Å². The van der Waals surface area contributed by atoms with Gasteiger partial charge in [0.2, 0.25) is 0 Å². The van der Waals surface area contributed by atoms with Gasteiger partial charge < -0.3 is 4.74 Å². The van der Waals surface area contributed by atoms with Crippen LogP contribution >= 0.6 is 0 Å². The van der Waals surface area contributed by atoms with Crippen molar-refractivity contribution in [3.05, 3.63) is 23.3 Å². The molecule has 2 fully saturated rings. The average Bonchev–Trinajstić information content (AvgIpc) is 2.97. The summed E-state index contributed by atoms with van der Waals surface area (Å²) in [7, 11) is -3.48.